The van der Waals surface area contributed by atoms with Gasteiger partial charge in [0.1, 0.15) is 6.04 Å². The number of rotatable bonds is 5. The Morgan fingerprint density at radius 2 is 1.65 bits per heavy atom. The van der Waals surface area contributed by atoms with Gasteiger partial charge in [0, 0.05) is 11.4 Å². The normalized spacial score (nSPS) is 11.7. The molecule has 0 bridgehead atoms. The molecular weight excluding hydrogens is 248 g/mol. The van der Waals surface area contributed by atoms with Gasteiger partial charge in [0.05, 0.1) is 0 Å². The van der Waals surface area contributed by atoms with E-state index >= 15 is 0 Å². The summed E-state index contributed by atoms with van der Waals surface area (Å²) in [5, 5.41) is 6.08. The monoisotopic (exact) mass is 268 g/mol. The number of nitrogens with one attached hydrogen (secondary N) is 2. The van der Waals surface area contributed by atoms with Gasteiger partial charge in [-0.1, -0.05) is 37.3 Å². The van der Waals surface area contributed by atoms with Crippen LogP contribution in [0, 0.1) is 0 Å². The van der Waals surface area contributed by atoms with Gasteiger partial charge in [-0.05, 0) is 43.2 Å². The zero-order valence-electron chi connectivity index (χ0n) is 11.9. The fraction of sp³-hybridized carbons (Fsp3) is 0.235. The van der Waals surface area contributed by atoms with Crippen LogP contribution >= 0.6 is 0 Å². The zero-order valence-corrected chi connectivity index (χ0v) is 11.9. The van der Waals surface area contributed by atoms with E-state index < -0.39 is 0 Å². The largest absolute Gasteiger partial charge is 0.374 e. The second kappa shape index (κ2) is 6.75. The van der Waals surface area contributed by atoms with Crippen molar-refractivity contribution in [3.05, 3.63) is 60.2 Å². The molecule has 0 aliphatic carbocycles. The summed E-state index contributed by atoms with van der Waals surface area (Å²) >= 11 is 0. The van der Waals surface area contributed by atoms with Crippen molar-refractivity contribution in [1.29, 1.82) is 0 Å². The van der Waals surface area contributed by atoms with Crippen molar-refractivity contribution in [2.45, 2.75) is 26.3 Å². The van der Waals surface area contributed by atoms with Gasteiger partial charge in [-0.25, -0.2) is 0 Å². The van der Waals surface area contributed by atoms with Crippen LogP contribution in [0.2, 0.25) is 0 Å². The van der Waals surface area contributed by atoms with Crippen molar-refractivity contribution in [2.24, 2.45) is 0 Å². The number of para-hydroxylation sites is 1. The third-order valence-corrected chi connectivity index (χ3v) is 3.18. The Morgan fingerprint density at radius 3 is 2.25 bits per heavy atom. The Balaban J connectivity index is 1.93. The Bertz CT molecular complexity index is 549. The maximum absolute atomic E-state index is 12.1. The standard InChI is InChI=1S/C17H20N2O/c1-3-14-9-11-16(12-10-14)18-13(2)17(20)19-15-7-5-4-6-8-15/h4-13,18H,3H2,1-2H3,(H,19,20). The fourth-order valence-corrected chi connectivity index (χ4v) is 1.92. The van der Waals surface area contributed by atoms with E-state index in [2.05, 4.69) is 29.7 Å². The number of anilines is 2. The number of hydrogen-bond donors (Lipinski definition) is 2. The molecule has 2 aromatic carbocycles. The van der Waals surface area contributed by atoms with Crippen molar-refractivity contribution < 1.29 is 4.79 Å². The summed E-state index contributed by atoms with van der Waals surface area (Å²) < 4.78 is 0. The molecule has 0 spiro atoms. The van der Waals surface area contributed by atoms with Crippen molar-refractivity contribution in [3.8, 4) is 0 Å². The molecule has 0 heterocycles. The molecule has 0 saturated heterocycles. The van der Waals surface area contributed by atoms with E-state index in [-0.39, 0.29) is 11.9 Å². The minimum atomic E-state index is -0.289. The molecule has 104 valence electrons. The first kappa shape index (κ1) is 14.1. The number of benzene rings is 2. The maximum atomic E-state index is 12.1. The highest BCUT2D eigenvalue weighted by atomic mass is 16.2. The molecule has 2 N–H and O–H groups in total. The van der Waals surface area contributed by atoms with E-state index in [0.717, 1.165) is 17.8 Å². The molecule has 3 nitrogen and oxygen atoms in total. The molecule has 20 heavy (non-hydrogen) atoms. The first-order chi connectivity index (χ1) is 9.69. The minimum Gasteiger partial charge on any atom is -0.374 e. The Hall–Kier alpha value is -2.29. The molecule has 0 radical (unpaired) electrons. The summed E-state index contributed by atoms with van der Waals surface area (Å²) in [5.74, 6) is -0.0456. The van der Waals surface area contributed by atoms with Gasteiger partial charge in [-0.3, -0.25) is 4.79 Å². The summed E-state index contributed by atoms with van der Waals surface area (Å²) in [6, 6.07) is 17.3. The number of amides is 1. The molecule has 2 aromatic rings. The Morgan fingerprint density at radius 1 is 1.00 bits per heavy atom. The highest BCUT2D eigenvalue weighted by molar-refractivity contribution is 5.96. The van der Waals surface area contributed by atoms with Gasteiger partial charge in [0.25, 0.3) is 0 Å². The summed E-state index contributed by atoms with van der Waals surface area (Å²) in [4.78, 5) is 12.1. The summed E-state index contributed by atoms with van der Waals surface area (Å²) in [6.07, 6.45) is 1.02. The Kier molecular flexibility index (Phi) is 4.77. The third kappa shape index (κ3) is 3.85. The average molecular weight is 268 g/mol. The second-order valence-electron chi connectivity index (χ2n) is 4.77. The molecule has 1 amide bonds. The molecule has 0 aliphatic heterocycles. The predicted molar refractivity (Wildman–Crippen MR) is 84.0 cm³/mol. The van der Waals surface area contributed by atoms with Crippen LogP contribution in [0.15, 0.2) is 54.6 Å². The van der Waals surface area contributed by atoms with Gasteiger partial charge in [0.2, 0.25) is 5.91 Å². The summed E-state index contributed by atoms with van der Waals surface area (Å²) in [5.41, 5.74) is 3.06. The van der Waals surface area contributed by atoms with Crippen LogP contribution in [0.5, 0.6) is 0 Å². The molecule has 1 unspecified atom stereocenters. The average Bonchev–Trinajstić information content (AvgIpc) is 2.49. The van der Waals surface area contributed by atoms with Crippen LogP contribution in [0.4, 0.5) is 11.4 Å². The molecule has 0 aromatic heterocycles. The highest BCUT2D eigenvalue weighted by Crippen LogP contribution is 2.12. The van der Waals surface area contributed by atoms with E-state index in [9.17, 15) is 4.79 Å². The maximum Gasteiger partial charge on any atom is 0.246 e. The molecule has 3 heteroatoms. The van der Waals surface area contributed by atoms with E-state index in [1.807, 2.05) is 49.4 Å². The minimum absolute atomic E-state index is 0.0456. The van der Waals surface area contributed by atoms with E-state index in [4.69, 9.17) is 0 Å². The number of aryl methyl sites for hydroxylation is 1. The van der Waals surface area contributed by atoms with Crippen molar-refractivity contribution >= 4 is 17.3 Å². The van der Waals surface area contributed by atoms with Crippen LogP contribution < -0.4 is 10.6 Å². The lowest BCUT2D eigenvalue weighted by Crippen LogP contribution is -2.31. The van der Waals surface area contributed by atoms with Crippen LogP contribution in [0.25, 0.3) is 0 Å². The number of carbonyl (C=O) groups excluding carboxylic acids is 1. The lowest BCUT2D eigenvalue weighted by atomic mass is 10.1. The van der Waals surface area contributed by atoms with Gasteiger partial charge < -0.3 is 10.6 Å². The highest BCUT2D eigenvalue weighted by Gasteiger charge is 2.12. The molecular formula is C17H20N2O. The summed E-state index contributed by atoms with van der Waals surface area (Å²) in [6.45, 7) is 3.98. The molecule has 1 atom stereocenters. The quantitative estimate of drug-likeness (QED) is 0.868. The lowest BCUT2D eigenvalue weighted by Gasteiger charge is -2.15. The first-order valence-corrected chi connectivity index (χ1v) is 6.90. The van der Waals surface area contributed by atoms with E-state index in [1.165, 1.54) is 5.56 Å². The first-order valence-electron chi connectivity index (χ1n) is 6.90. The topological polar surface area (TPSA) is 41.1 Å². The smallest absolute Gasteiger partial charge is 0.246 e. The fourth-order valence-electron chi connectivity index (χ4n) is 1.92. The molecule has 2 rings (SSSR count). The van der Waals surface area contributed by atoms with Crippen LogP contribution in [0.1, 0.15) is 19.4 Å². The van der Waals surface area contributed by atoms with E-state index in [1.54, 1.807) is 0 Å². The van der Waals surface area contributed by atoms with Crippen LogP contribution in [-0.2, 0) is 11.2 Å². The lowest BCUT2D eigenvalue weighted by molar-refractivity contribution is -0.116. The SMILES string of the molecule is CCc1ccc(NC(C)C(=O)Nc2ccccc2)cc1. The summed E-state index contributed by atoms with van der Waals surface area (Å²) in [7, 11) is 0. The predicted octanol–water partition coefficient (Wildman–Crippen LogP) is 3.69. The van der Waals surface area contributed by atoms with Crippen molar-refractivity contribution in [1.82, 2.24) is 0 Å². The van der Waals surface area contributed by atoms with Crippen LogP contribution in [0.3, 0.4) is 0 Å². The third-order valence-electron chi connectivity index (χ3n) is 3.18. The number of hydrogen-bond acceptors (Lipinski definition) is 2. The Labute approximate surface area is 120 Å². The number of carbonyl (C=O) groups is 1. The van der Waals surface area contributed by atoms with Crippen molar-refractivity contribution in [2.75, 3.05) is 10.6 Å². The molecule has 0 aliphatic rings. The van der Waals surface area contributed by atoms with Gasteiger partial charge in [-0.2, -0.15) is 0 Å². The molecule has 0 fully saturated rings. The van der Waals surface area contributed by atoms with Crippen molar-refractivity contribution in [3.63, 3.8) is 0 Å². The zero-order chi connectivity index (χ0) is 14.4. The van der Waals surface area contributed by atoms with E-state index in [0.29, 0.717) is 0 Å². The second-order valence-corrected chi connectivity index (χ2v) is 4.77. The van der Waals surface area contributed by atoms with Crippen LogP contribution in [-0.4, -0.2) is 11.9 Å². The van der Waals surface area contributed by atoms with Gasteiger partial charge >= 0.3 is 0 Å². The van der Waals surface area contributed by atoms with Gasteiger partial charge in [-0.15, -0.1) is 0 Å². The van der Waals surface area contributed by atoms with Gasteiger partial charge in [0.15, 0.2) is 0 Å². The molecule has 0 saturated carbocycles.